The van der Waals surface area contributed by atoms with Crippen molar-refractivity contribution >= 4 is 5.97 Å². The zero-order chi connectivity index (χ0) is 17.9. The number of carbonyl (C=O) groups is 1. The van der Waals surface area contributed by atoms with Crippen LogP contribution < -0.4 is 9.47 Å². The van der Waals surface area contributed by atoms with Gasteiger partial charge in [-0.25, -0.2) is 4.79 Å². The van der Waals surface area contributed by atoms with Crippen LogP contribution in [-0.4, -0.2) is 61.2 Å². The SMILES string of the molecule is COCO[C@H](c1ccc(OC)c(OC)c1)[C@@H](OCOC)C(=O)OC. The summed E-state index contributed by atoms with van der Waals surface area (Å²) in [5.41, 5.74) is 0.635. The van der Waals surface area contributed by atoms with Gasteiger partial charge in [-0.3, -0.25) is 0 Å². The molecule has 0 amide bonds. The van der Waals surface area contributed by atoms with E-state index in [1.807, 2.05) is 0 Å². The topological polar surface area (TPSA) is 81.7 Å². The number of hydrogen-bond acceptors (Lipinski definition) is 8. The number of carbonyl (C=O) groups excluding carboxylic acids is 1. The van der Waals surface area contributed by atoms with Gasteiger partial charge in [0.25, 0.3) is 0 Å². The predicted molar refractivity (Wildman–Crippen MR) is 84.0 cm³/mol. The molecule has 0 fully saturated rings. The molecule has 0 heterocycles. The van der Waals surface area contributed by atoms with Gasteiger partial charge >= 0.3 is 5.97 Å². The molecule has 0 unspecified atom stereocenters. The van der Waals surface area contributed by atoms with E-state index in [1.165, 1.54) is 35.5 Å². The molecule has 136 valence electrons. The van der Waals surface area contributed by atoms with Crippen LogP contribution in [0.1, 0.15) is 11.7 Å². The van der Waals surface area contributed by atoms with Gasteiger partial charge in [0.05, 0.1) is 21.3 Å². The Kier molecular flexibility index (Phi) is 9.10. The van der Waals surface area contributed by atoms with Crippen molar-refractivity contribution in [3.05, 3.63) is 23.8 Å². The number of esters is 1. The maximum atomic E-state index is 12.1. The van der Waals surface area contributed by atoms with E-state index in [-0.39, 0.29) is 13.6 Å². The quantitative estimate of drug-likeness (QED) is 0.441. The van der Waals surface area contributed by atoms with Crippen LogP contribution in [0.3, 0.4) is 0 Å². The average Bonchev–Trinajstić information content (AvgIpc) is 2.63. The first-order chi connectivity index (χ1) is 11.6. The number of ether oxygens (including phenoxy) is 7. The first-order valence-electron chi connectivity index (χ1n) is 7.13. The van der Waals surface area contributed by atoms with Gasteiger partial charge in [-0.2, -0.15) is 0 Å². The van der Waals surface area contributed by atoms with Crippen molar-refractivity contribution in [2.45, 2.75) is 12.2 Å². The Morgan fingerprint density at radius 2 is 1.54 bits per heavy atom. The van der Waals surface area contributed by atoms with Gasteiger partial charge in [-0.1, -0.05) is 6.07 Å². The predicted octanol–water partition coefficient (Wildman–Crippen LogP) is 1.53. The molecule has 8 heteroatoms. The standard InChI is InChI=1S/C16H24O8/c1-18-9-23-14(15(16(17)22-5)24-10-19-2)11-6-7-12(20-3)13(8-11)21-4/h6-8,14-15H,9-10H2,1-5H3/t14-,15-/m1/s1. The highest BCUT2D eigenvalue weighted by Gasteiger charge is 2.33. The summed E-state index contributed by atoms with van der Waals surface area (Å²) < 4.78 is 36.2. The minimum atomic E-state index is -1.04. The lowest BCUT2D eigenvalue weighted by Gasteiger charge is -2.26. The fourth-order valence-electron chi connectivity index (χ4n) is 2.07. The van der Waals surface area contributed by atoms with Crippen LogP contribution in [0.25, 0.3) is 0 Å². The van der Waals surface area contributed by atoms with E-state index in [1.54, 1.807) is 18.2 Å². The van der Waals surface area contributed by atoms with Crippen molar-refractivity contribution < 1.29 is 38.0 Å². The van der Waals surface area contributed by atoms with E-state index in [2.05, 4.69) is 0 Å². The van der Waals surface area contributed by atoms with Crippen LogP contribution in [0.15, 0.2) is 18.2 Å². The van der Waals surface area contributed by atoms with Crippen molar-refractivity contribution in [3.63, 3.8) is 0 Å². The van der Waals surface area contributed by atoms with Crippen LogP contribution in [0, 0.1) is 0 Å². The summed E-state index contributed by atoms with van der Waals surface area (Å²) in [5.74, 6) is 0.457. The third-order valence-corrected chi connectivity index (χ3v) is 3.18. The fourth-order valence-corrected chi connectivity index (χ4v) is 2.07. The van der Waals surface area contributed by atoms with Crippen molar-refractivity contribution in [2.24, 2.45) is 0 Å². The molecule has 0 aromatic heterocycles. The van der Waals surface area contributed by atoms with Crippen LogP contribution in [0.2, 0.25) is 0 Å². The normalized spacial score (nSPS) is 13.2. The summed E-state index contributed by atoms with van der Waals surface area (Å²) in [6.07, 6.45) is -1.82. The average molecular weight is 344 g/mol. The highest BCUT2D eigenvalue weighted by molar-refractivity contribution is 5.75. The Morgan fingerprint density at radius 3 is 2.08 bits per heavy atom. The number of hydrogen-bond donors (Lipinski definition) is 0. The highest BCUT2D eigenvalue weighted by atomic mass is 16.7. The van der Waals surface area contributed by atoms with Crippen molar-refractivity contribution in [1.29, 1.82) is 0 Å². The zero-order valence-corrected chi connectivity index (χ0v) is 14.6. The zero-order valence-electron chi connectivity index (χ0n) is 14.6. The van der Waals surface area contributed by atoms with Crippen molar-refractivity contribution in [1.82, 2.24) is 0 Å². The molecule has 0 aliphatic carbocycles. The Hall–Kier alpha value is -1.87. The third-order valence-electron chi connectivity index (χ3n) is 3.18. The molecule has 24 heavy (non-hydrogen) atoms. The Labute approximate surface area is 141 Å². The van der Waals surface area contributed by atoms with Gasteiger partial charge in [-0.05, 0) is 17.7 Å². The second-order valence-electron chi connectivity index (χ2n) is 4.63. The number of methoxy groups -OCH3 is 5. The summed E-state index contributed by atoms with van der Waals surface area (Å²) >= 11 is 0. The smallest absolute Gasteiger partial charge is 0.338 e. The van der Waals surface area contributed by atoms with E-state index < -0.39 is 18.2 Å². The summed E-state index contributed by atoms with van der Waals surface area (Å²) in [6.45, 7) is -0.136. The maximum absolute atomic E-state index is 12.1. The molecule has 1 aromatic rings. The van der Waals surface area contributed by atoms with Gasteiger partial charge in [0, 0.05) is 14.2 Å². The number of benzene rings is 1. The molecule has 0 saturated carbocycles. The summed E-state index contributed by atoms with van der Waals surface area (Å²) in [5, 5.41) is 0. The molecule has 0 saturated heterocycles. The van der Waals surface area contributed by atoms with E-state index in [0.717, 1.165) is 0 Å². The summed E-state index contributed by atoms with van der Waals surface area (Å²) in [4.78, 5) is 12.1. The van der Waals surface area contributed by atoms with E-state index in [4.69, 9.17) is 33.2 Å². The second kappa shape index (κ2) is 10.8. The van der Waals surface area contributed by atoms with E-state index in [0.29, 0.717) is 17.1 Å². The lowest BCUT2D eigenvalue weighted by atomic mass is 10.0. The first-order valence-corrected chi connectivity index (χ1v) is 7.13. The Morgan fingerprint density at radius 1 is 0.917 bits per heavy atom. The molecular weight excluding hydrogens is 320 g/mol. The van der Waals surface area contributed by atoms with Gasteiger partial charge < -0.3 is 33.2 Å². The monoisotopic (exact) mass is 344 g/mol. The summed E-state index contributed by atoms with van der Waals surface area (Å²) in [6, 6.07) is 5.15. The molecule has 0 bridgehead atoms. The number of rotatable bonds is 11. The lowest BCUT2D eigenvalue weighted by Crippen LogP contribution is -2.34. The van der Waals surface area contributed by atoms with Crippen LogP contribution >= 0.6 is 0 Å². The van der Waals surface area contributed by atoms with Crippen LogP contribution in [0.5, 0.6) is 11.5 Å². The van der Waals surface area contributed by atoms with Crippen LogP contribution in [0.4, 0.5) is 0 Å². The first kappa shape index (κ1) is 20.2. The molecule has 0 N–H and O–H groups in total. The maximum Gasteiger partial charge on any atom is 0.338 e. The molecule has 1 aromatic carbocycles. The minimum absolute atomic E-state index is 0.0388. The van der Waals surface area contributed by atoms with E-state index >= 15 is 0 Å². The van der Waals surface area contributed by atoms with Crippen LogP contribution in [-0.2, 0) is 28.5 Å². The molecular formula is C16H24O8. The van der Waals surface area contributed by atoms with Gasteiger partial charge in [0.2, 0.25) is 0 Å². The molecule has 1 rings (SSSR count). The van der Waals surface area contributed by atoms with E-state index in [9.17, 15) is 4.79 Å². The van der Waals surface area contributed by atoms with Gasteiger partial charge in [0.1, 0.15) is 19.7 Å². The molecule has 8 nitrogen and oxygen atoms in total. The minimum Gasteiger partial charge on any atom is -0.493 e. The molecule has 0 aliphatic heterocycles. The Bertz CT molecular complexity index is 505. The van der Waals surface area contributed by atoms with Gasteiger partial charge in [-0.15, -0.1) is 0 Å². The molecule has 0 spiro atoms. The second-order valence-corrected chi connectivity index (χ2v) is 4.63. The largest absolute Gasteiger partial charge is 0.493 e. The molecule has 0 aliphatic rings. The summed E-state index contributed by atoms with van der Waals surface area (Å²) in [7, 11) is 7.26. The van der Waals surface area contributed by atoms with Gasteiger partial charge in [0.15, 0.2) is 17.6 Å². The third kappa shape index (κ3) is 5.34. The molecule has 0 radical (unpaired) electrons. The highest BCUT2D eigenvalue weighted by Crippen LogP contribution is 2.33. The van der Waals surface area contributed by atoms with Crippen molar-refractivity contribution in [3.8, 4) is 11.5 Å². The lowest BCUT2D eigenvalue weighted by molar-refractivity contribution is -0.189. The van der Waals surface area contributed by atoms with Crippen molar-refractivity contribution in [2.75, 3.05) is 49.1 Å². The Balaban J connectivity index is 3.19. The molecule has 2 atom stereocenters. The fraction of sp³-hybridized carbons (Fsp3) is 0.562.